The normalized spacial score (nSPS) is 31.9. The Morgan fingerprint density at radius 3 is 2.44 bits per heavy atom. The third kappa shape index (κ3) is 0.736. The SMILES string of the molecule is O=C1CN(P)CC12CC2. The molecule has 50 valence electrons. The molecule has 0 aromatic carbocycles. The Kier molecular flexibility index (Phi) is 1.01. The van der Waals surface area contributed by atoms with Crippen LogP contribution >= 0.6 is 9.39 Å². The molecular formula is C6H10NOP. The van der Waals surface area contributed by atoms with Gasteiger partial charge in [0, 0.05) is 12.0 Å². The molecule has 0 radical (unpaired) electrons. The predicted octanol–water partition coefficient (Wildman–Crippen LogP) is 0.441. The van der Waals surface area contributed by atoms with Crippen molar-refractivity contribution in [2.75, 3.05) is 13.1 Å². The summed E-state index contributed by atoms with van der Waals surface area (Å²) in [4.78, 5) is 11.1. The second kappa shape index (κ2) is 1.56. The molecule has 1 atom stereocenters. The van der Waals surface area contributed by atoms with Crippen molar-refractivity contribution in [3.8, 4) is 0 Å². The van der Waals surface area contributed by atoms with Gasteiger partial charge in [-0.25, -0.2) is 0 Å². The maximum atomic E-state index is 11.1. The smallest absolute Gasteiger partial charge is 0.154 e. The maximum absolute atomic E-state index is 11.1. The van der Waals surface area contributed by atoms with E-state index in [0.717, 1.165) is 19.4 Å². The van der Waals surface area contributed by atoms with E-state index in [1.54, 1.807) is 0 Å². The van der Waals surface area contributed by atoms with Crippen molar-refractivity contribution in [1.82, 2.24) is 4.67 Å². The van der Waals surface area contributed by atoms with E-state index < -0.39 is 0 Å². The zero-order valence-electron chi connectivity index (χ0n) is 5.26. The lowest BCUT2D eigenvalue weighted by Crippen LogP contribution is -2.10. The first-order chi connectivity index (χ1) is 4.23. The summed E-state index contributed by atoms with van der Waals surface area (Å²) in [6.07, 6.45) is 2.27. The molecule has 2 nitrogen and oxygen atoms in total. The highest BCUT2D eigenvalue weighted by Crippen LogP contribution is 2.50. The van der Waals surface area contributed by atoms with Crippen LogP contribution in [0.4, 0.5) is 0 Å². The molecule has 2 rings (SSSR count). The summed E-state index contributed by atoms with van der Waals surface area (Å²) in [5.74, 6) is 0.456. The summed E-state index contributed by atoms with van der Waals surface area (Å²) in [7, 11) is 2.59. The van der Waals surface area contributed by atoms with Gasteiger partial charge in [0.2, 0.25) is 0 Å². The van der Waals surface area contributed by atoms with Crippen molar-refractivity contribution in [2.24, 2.45) is 5.41 Å². The van der Waals surface area contributed by atoms with Gasteiger partial charge in [-0.2, -0.15) is 0 Å². The first kappa shape index (κ1) is 5.82. The molecule has 1 heterocycles. The number of Topliss-reactive ketones (excluding diaryl/α,β-unsaturated/α-hetero) is 1. The summed E-state index contributed by atoms with van der Waals surface area (Å²) in [6, 6.07) is 0. The van der Waals surface area contributed by atoms with Crippen LogP contribution in [0.15, 0.2) is 0 Å². The van der Waals surface area contributed by atoms with E-state index in [0.29, 0.717) is 12.3 Å². The van der Waals surface area contributed by atoms with Crippen molar-refractivity contribution < 1.29 is 4.79 Å². The minimum atomic E-state index is 0.141. The van der Waals surface area contributed by atoms with Crippen LogP contribution in [-0.4, -0.2) is 23.5 Å². The number of carbonyl (C=O) groups is 1. The van der Waals surface area contributed by atoms with Gasteiger partial charge in [-0.05, 0) is 12.8 Å². The van der Waals surface area contributed by atoms with Gasteiger partial charge in [0.05, 0.1) is 6.54 Å². The van der Waals surface area contributed by atoms with Crippen LogP contribution in [0.5, 0.6) is 0 Å². The summed E-state index contributed by atoms with van der Waals surface area (Å²) < 4.78 is 2.04. The summed E-state index contributed by atoms with van der Waals surface area (Å²) in [5.41, 5.74) is 0.141. The number of rotatable bonds is 0. The molecule has 1 aliphatic heterocycles. The highest BCUT2D eigenvalue weighted by atomic mass is 31.0. The van der Waals surface area contributed by atoms with Gasteiger partial charge >= 0.3 is 0 Å². The molecular weight excluding hydrogens is 133 g/mol. The Balaban J connectivity index is 2.19. The van der Waals surface area contributed by atoms with Crippen molar-refractivity contribution in [3.05, 3.63) is 0 Å². The highest BCUT2D eigenvalue weighted by molar-refractivity contribution is 7.13. The standard InChI is InChI=1S/C6H10NOP/c8-5-3-7(9)4-6(5)1-2-6/h1-4,9H2. The monoisotopic (exact) mass is 143 g/mol. The third-order valence-corrected chi connectivity index (χ3v) is 2.66. The van der Waals surface area contributed by atoms with Gasteiger partial charge in [0.1, 0.15) is 0 Å². The molecule has 0 bridgehead atoms. The van der Waals surface area contributed by atoms with Crippen LogP contribution in [0, 0.1) is 5.41 Å². The molecule has 9 heavy (non-hydrogen) atoms. The minimum absolute atomic E-state index is 0.141. The van der Waals surface area contributed by atoms with Crippen LogP contribution in [0.2, 0.25) is 0 Å². The summed E-state index contributed by atoms with van der Waals surface area (Å²) in [6.45, 7) is 1.64. The molecule has 2 fully saturated rings. The lowest BCUT2D eigenvalue weighted by molar-refractivity contribution is -0.120. The molecule has 1 saturated carbocycles. The number of hydrogen-bond acceptors (Lipinski definition) is 2. The van der Waals surface area contributed by atoms with Crippen molar-refractivity contribution in [3.63, 3.8) is 0 Å². The minimum Gasteiger partial charge on any atom is -0.298 e. The predicted molar refractivity (Wildman–Crippen MR) is 38.0 cm³/mol. The molecule has 1 saturated heterocycles. The molecule has 1 aliphatic carbocycles. The fourth-order valence-electron chi connectivity index (χ4n) is 1.47. The fourth-order valence-corrected chi connectivity index (χ4v) is 1.99. The maximum Gasteiger partial charge on any atom is 0.154 e. The van der Waals surface area contributed by atoms with Gasteiger partial charge in [0.25, 0.3) is 0 Å². The fraction of sp³-hybridized carbons (Fsp3) is 0.833. The lowest BCUT2D eigenvalue weighted by atomic mass is 10.1. The summed E-state index contributed by atoms with van der Waals surface area (Å²) >= 11 is 0. The van der Waals surface area contributed by atoms with Gasteiger partial charge in [-0.1, -0.05) is 9.39 Å². The van der Waals surface area contributed by atoms with Crippen LogP contribution in [0.1, 0.15) is 12.8 Å². The van der Waals surface area contributed by atoms with Gasteiger partial charge in [0.15, 0.2) is 5.78 Å². The molecule has 0 aromatic heterocycles. The van der Waals surface area contributed by atoms with Crippen LogP contribution in [0.25, 0.3) is 0 Å². The first-order valence-electron chi connectivity index (χ1n) is 3.26. The quantitative estimate of drug-likeness (QED) is 0.458. The molecule has 1 unspecified atom stereocenters. The van der Waals surface area contributed by atoms with E-state index in [9.17, 15) is 4.79 Å². The van der Waals surface area contributed by atoms with Crippen molar-refractivity contribution >= 4 is 15.2 Å². The molecule has 0 aromatic rings. The average Bonchev–Trinajstić information content (AvgIpc) is 2.42. The number of hydrogen-bond donors (Lipinski definition) is 0. The van der Waals surface area contributed by atoms with E-state index in [1.807, 2.05) is 4.67 Å². The average molecular weight is 143 g/mol. The third-order valence-electron chi connectivity index (χ3n) is 2.30. The Morgan fingerprint density at radius 2 is 2.22 bits per heavy atom. The second-order valence-electron chi connectivity index (χ2n) is 3.11. The lowest BCUT2D eigenvalue weighted by Gasteiger charge is -2.03. The van der Waals surface area contributed by atoms with Crippen molar-refractivity contribution in [2.45, 2.75) is 12.8 Å². The van der Waals surface area contributed by atoms with Gasteiger partial charge in [-0.3, -0.25) is 9.46 Å². The zero-order chi connectivity index (χ0) is 6.48. The van der Waals surface area contributed by atoms with E-state index in [-0.39, 0.29) is 5.41 Å². The molecule has 2 aliphatic rings. The first-order valence-corrected chi connectivity index (χ1v) is 3.78. The summed E-state index contributed by atoms with van der Waals surface area (Å²) in [5, 5.41) is 0. The molecule has 3 heteroatoms. The Labute approximate surface area is 56.9 Å². The Bertz CT molecular complexity index is 164. The van der Waals surface area contributed by atoms with E-state index >= 15 is 0 Å². The zero-order valence-corrected chi connectivity index (χ0v) is 6.42. The van der Waals surface area contributed by atoms with E-state index in [4.69, 9.17) is 0 Å². The molecule has 1 spiro atoms. The van der Waals surface area contributed by atoms with Crippen molar-refractivity contribution in [1.29, 1.82) is 0 Å². The van der Waals surface area contributed by atoms with Crippen LogP contribution < -0.4 is 0 Å². The molecule has 0 amide bonds. The van der Waals surface area contributed by atoms with E-state index in [2.05, 4.69) is 9.39 Å². The van der Waals surface area contributed by atoms with Crippen LogP contribution in [-0.2, 0) is 4.79 Å². The second-order valence-corrected chi connectivity index (χ2v) is 3.84. The van der Waals surface area contributed by atoms with Crippen LogP contribution in [0.3, 0.4) is 0 Å². The van der Waals surface area contributed by atoms with Gasteiger partial charge in [-0.15, -0.1) is 0 Å². The largest absolute Gasteiger partial charge is 0.298 e. The number of ketones is 1. The number of nitrogens with zero attached hydrogens (tertiary/aromatic N) is 1. The van der Waals surface area contributed by atoms with Gasteiger partial charge < -0.3 is 0 Å². The highest BCUT2D eigenvalue weighted by Gasteiger charge is 2.53. The topological polar surface area (TPSA) is 20.3 Å². The molecule has 0 N–H and O–H groups in total. The Morgan fingerprint density at radius 1 is 1.56 bits per heavy atom. The number of carbonyl (C=O) groups excluding carboxylic acids is 1. The Hall–Kier alpha value is 0.0600. The van der Waals surface area contributed by atoms with E-state index in [1.165, 1.54) is 0 Å².